The summed E-state index contributed by atoms with van der Waals surface area (Å²) in [5.41, 5.74) is 2.40. The molecule has 9 heteroatoms. The number of aromatic nitrogens is 2. The molecule has 0 aliphatic rings. The summed E-state index contributed by atoms with van der Waals surface area (Å²) in [6.07, 6.45) is 0.693. The fourth-order valence-corrected chi connectivity index (χ4v) is 5.58. The summed E-state index contributed by atoms with van der Waals surface area (Å²) >= 11 is 2.57. The number of anilines is 1. The second kappa shape index (κ2) is 8.47. The minimum Gasteiger partial charge on any atom is -0.349 e. The third kappa shape index (κ3) is 4.92. The largest absolute Gasteiger partial charge is 0.349 e. The number of hydrogen-bond donors (Lipinski definition) is 0. The molecule has 3 aromatic rings. The number of rotatable bonds is 8. The predicted molar refractivity (Wildman–Crippen MR) is 111 cm³/mol. The molecule has 6 nitrogen and oxygen atoms in total. The number of aryl methyl sites for hydroxylation is 1. The summed E-state index contributed by atoms with van der Waals surface area (Å²) in [6, 6.07) is 11.7. The molecule has 1 aromatic carbocycles. The Morgan fingerprint density at radius 2 is 1.93 bits per heavy atom. The maximum atomic E-state index is 12.5. The molecule has 0 amide bonds. The van der Waals surface area contributed by atoms with Crippen molar-refractivity contribution in [3.8, 4) is 0 Å². The Hall–Kier alpha value is -1.81. The molecule has 0 N–H and O–H groups in total. The lowest BCUT2D eigenvalue weighted by molar-refractivity contribution is 0.475. The topological polar surface area (TPSA) is 66.4 Å². The van der Waals surface area contributed by atoms with Gasteiger partial charge in [0.15, 0.2) is 0 Å². The highest BCUT2D eigenvalue weighted by Gasteiger charge is 2.22. The number of likely N-dealkylation sites (N-methyl/N-ethyl adjacent to an activating group) is 2. The molecule has 0 radical (unpaired) electrons. The van der Waals surface area contributed by atoms with Gasteiger partial charge in [-0.1, -0.05) is 35.9 Å². The van der Waals surface area contributed by atoms with Crippen LogP contribution in [-0.2, 0) is 16.4 Å². The molecule has 0 spiro atoms. The molecule has 0 bridgehead atoms. The van der Waals surface area contributed by atoms with Gasteiger partial charge in [0.05, 0.1) is 0 Å². The first-order valence-corrected chi connectivity index (χ1v) is 11.5. The molecular weight excluding hydrogens is 400 g/mol. The van der Waals surface area contributed by atoms with Crippen molar-refractivity contribution in [2.24, 2.45) is 0 Å². The summed E-state index contributed by atoms with van der Waals surface area (Å²) in [4.78, 5) is 6.53. The van der Waals surface area contributed by atoms with E-state index in [-0.39, 0.29) is 0 Å². The molecule has 0 fully saturated rings. The average molecular weight is 423 g/mol. The van der Waals surface area contributed by atoms with Gasteiger partial charge in [0.2, 0.25) is 5.13 Å². The number of benzene rings is 1. The van der Waals surface area contributed by atoms with Gasteiger partial charge in [-0.3, -0.25) is 0 Å². The van der Waals surface area contributed by atoms with Gasteiger partial charge in [0.1, 0.15) is 10.0 Å². The van der Waals surface area contributed by atoms with Crippen molar-refractivity contribution in [3.05, 3.63) is 58.7 Å². The van der Waals surface area contributed by atoms with Gasteiger partial charge >= 0.3 is 0 Å². The summed E-state index contributed by atoms with van der Waals surface area (Å²) in [5.74, 6) is 0.784. The molecule has 0 saturated carbocycles. The molecule has 27 heavy (non-hydrogen) atoms. The van der Waals surface area contributed by atoms with E-state index in [1.807, 2.05) is 18.0 Å². The molecule has 2 heterocycles. The molecular formula is C18H22N4O2S3. The van der Waals surface area contributed by atoms with Crippen molar-refractivity contribution in [2.75, 3.05) is 32.1 Å². The van der Waals surface area contributed by atoms with Crippen molar-refractivity contribution < 1.29 is 8.42 Å². The smallest absolute Gasteiger partial charge is 0.252 e. The van der Waals surface area contributed by atoms with Gasteiger partial charge in [-0.05, 0) is 23.9 Å². The zero-order chi connectivity index (χ0) is 19.4. The van der Waals surface area contributed by atoms with Crippen molar-refractivity contribution in [1.29, 1.82) is 0 Å². The van der Waals surface area contributed by atoms with E-state index < -0.39 is 10.0 Å². The SMILES string of the molecule is Cc1cccc(Cc2nsc(N(C)CCN(C)S(=O)(=O)c3cccs3)n2)c1. The Morgan fingerprint density at radius 1 is 1.11 bits per heavy atom. The van der Waals surface area contributed by atoms with Gasteiger partial charge < -0.3 is 4.90 Å². The molecule has 0 aliphatic heterocycles. The Labute approximate surface area is 168 Å². The predicted octanol–water partition coefficient (Wildman–Crippen LogP) is 3.26. The number of hydrogen-bond acceptors (Lipinski definition) is 7. The van der Waals surface area contributed by atoms with Gasteiger partial charge in [0.25, 0.3) is 10.0 Å². The summed E-state index contributed by atoms with van der Waals surface area (Å²) in [5, 5.41) is 2.56. The van der Waals surface area contributed by atoms with E-state index >= 15 is 0 Å². The Kier molecular flexibility index (Phi) is 6.25. The third-order valence-corrected chi connectivity index (χ3v) is 8.24. The number of nitrogens with zero attached hydrogens (tertiary/aromatic N) is 4. The quantitative estimate of drug-likeness (QED) is 0.557. The Bertz CT molecular complexity index is 984. The van der Waals surface area contributed by atoms with Crippen molar-refractivity contribution in [1.82, 2.24) is 13.7 Å². The normalized spacial score (nSPS) is 11.9. The van der Waals surface area contributed by atoms with E-state index in [9.17, 15) is 8.42 Å². The zero-order valence-corrected chi connectivity index (χ0v) is 17.9. The Balaban J connectivity index is 1.59. The van der Waals surface area contributed by atoms with Crippen LogP contribution in [0.4, 0.5) is 5.13 Å². The van der Waals surface area contributed by atoms with Crippen molar-refractivity contribution in [2.45, 2.75) is 17.6 Å². The lowest BCUT2D eigenvalue weighted by Gasteiger charge is -2.20. The van der Waals surface area contributed by atoms with E-state index in [1.54, 1.807) is 24.6 Å². The van der Waals surface area contributed by atoms with E-state index in [2.05, 4.69) is 34.5 Å². The van der Waals surface area contributed by atoms with Gasteiger partial charge in [-0.2, -0.15) is 8.68 Å². The highest BCUT2D eigenvalue weighted by atomic mass is 32.2. The maximum Gasteiger partial charge on any atom is 0.252 e. The number of thiophene rings is 1. The minimum absolute atomic E-state index is 0.365. The first kappa shape index (κ1) is 19.9. The van der Waals surface area contributed by atoms with Crippen LogP contribution in [0.15, 0.2) is 46.0 Å². The van der Waals surface area contributed by atoms with E-state index in [0.717, 1.165) is 11.0 Å². The second-order valence-electron chi connectivity index (χ2n) is 6.34. The fourth-order valence-electron chi connectivity index (χ4n) is 2.55. The maximum absolute atomic E-state index is 12.5. The molecule has 0 unspecified atom stereocenters. The van der Waals surface area contributed by atoms with Gasteiger partial charge in [-0.15, -0.1) is 11.3 Å². The summed E-state index contributed by atoms with van der Waals surface area (Å²) < 4.78 is 31.1. The first-order chi connectivity index (χ1) is 12.9. The lowest BCUT2D eigenvalue weighted by atomic mass is 10.1. The molecule has 3 rings (SSSR count). The summed E-state index contributed by atoms with van der Waals surface area (Å²) in [7, 11) is 0.0881. The molecule has 0 saturated heterocycles. The molecule has 144 valence electrons. The third-order valence-electron chi connectivity index (χ3n) is 4.14. The van der Waals surface area contributed by atoms with Crippen LogP contribution in [0, 0.1) is 6.92 Å². The van der Waals surface area contributed by atoms with Crippen LogP contribution in [0.3, 0.4) is 0 Å². The lowest BCUT2D eigenvalue weighted by Crippen LogP contribution is -2.34. The van der Waals surface area contributed by atoms with Crippen LogP contribution in [-0.4, -0.2) is 49.3 Å². The van der Waals surface area contributed by atoms with Gasteiger partial charge in [0, 0.05) is 45.1 Å². The monoisotopic (exact) mass is 422 g/mol. The van der Waals surface area contributed by atoms with Crippen molar-refractivity contribution in [3.63, 3.8) is 0 Å². The average Bonchev–Trinajstić information content (AvgIpc) is 3.31. The highest BCUT2D eigenvalue weighted by Crippen LogP contribution is 2.21. The van der Waals surface area contributed by atoms with Crippen LogP contribution < -0.4 is 4.90 Å². The van der Waals surface area contributed by atoms with Crippen LogP contribution in [0.25, 0.3) is 0 Å². The van der Waals surface area contributed by atoms with Crippen LogP contribution in [0.2, 0.25) is 0 Å². The van der Waals surface area contributed by atoms with Gasteiger partial charge in [-0.25, -0.2) is 13.4 Å². The summed E-state index contributed by atoms with van der Waals surface area (Å²) in [6.45, 7) is 2.99. The molecule has 0 aliphatic carbocycles. The second-order valence-corrected chi connectivity index (χ2v) is 10.3. The standard InChI is InChI=1S/C18H22N4O2S3/c1-14-6-4-7-15(12-14)13-16-19-18(26-20-16)21(2)9-10-22(3)27(23,24)17-8-5-11-25-17/h4-8,11-12H,9-10,13H2,1-3H3. The van der Waals surface area contributed by atoms with E-state index in [1.165, 1.54) is 38.3 Å². The first-order valence-electron chi connectivity index (χ1n) is 8.45. The molecule has 2 aromatic heterocycles. The zero-order valence-electron chi connectivity index (χ0n) is 15.5. The molecule has 0 atom stereocenters. The van der Waals surface area contributed by atoms with Crippen molar-refractivity contribution >= 4 is 38.0 Å². The van der Waals surface area contributed by atoms with E-state index in [4.69, 9.17) is 0 Å². The van der Waals surface area contributed by atoms with Crippen LogP contribution in [0.1, 0.15) is 17.0 Å². The Morgan fingerprint density at radius 3 is 2.63 bits per heavy atom. The highest BCUT2D eigenvalue weighted by molar-refractivity contribution is 7.91. The minimum atomic E-state index is -3.42. The fraction of sp³-hybridized carbons (Fsp3) is 0.333. The van der Waals surface area contributed by atoms with E-state index in [0.29, 0.717) is 23.7 Å². The number of sulfonamides is 1. The van der Waals surface area contributed by atoms with Crippen LogP contribution >= 0.6 is 22.9 Å². The van der Waals surface area contributed by atoms with Crippen LogP contribution in [0.5, 0.6) is 0 Å².